The Morgan fingerprint density at radius 2 is 1.95 bits per heavy atom. The van der Waals surface area contributed by atoms with Crippen molar-refractivity contribution < 1.29 is 14.9 Å². The minimum atomic E-state index is 0.0146. The van der Waals surface area contributed by atoms with Crippen LogP contribution in [-0.4, -0.2) is 23.9 Å². The smallest absolute Gasteiger partial charge is 0.162 e. The average molecular weight is 350 g/mol. The van der Waals surface area contributed by atoms with Crippen molar-refractivity contribution in [1.29, 1.82) is 0 Å². The van der Waals surface area contributed by atoms with E-state index in [1.54, 1.807) is 25.3 Å². The zero-order valence-electron chi connectivity index (χ0n) is 11.6. The second-order valence-electron chi connectivity index (χ2n) is 5.08. The van der Waals surface area contributed by atoms with E-state index in [1.165, 1.54) is 0 Å². The van der Waals surface area contributed by atoms with Gasteiger partial charge in [-0.2, -0.15) is 0 Å². The SMILES string of the molecule is COc1cc(Br)c2c(c1O)[C@@H](c1ccc(O)cc1)CNC2. The summed E-state index contributed by atoms with van der Waals surface area (Å²) in [5.41, 5.74) is 2.96. The fourth-order valence-corrected chi connectivity index (χ4v) is 3.38. The van der Waals surface area contributed by atoms with Crippen LogP contribution in [0, 0.1) is 0 Å². The molecule has 4 nitrogen and oxygen atoms in total. The molecule has 1 atom stereocenters. The van der Waals surface area contributed by atoms with Gasteiger partial charge in [0.2, 0.25) is 0 Å². The monoisotopic (exact) mass is 349 g/mol. The first-order valence-corrected chi connectivity index (χ1v) is 7.49. The number of fused-ring (bicyclic) bond motifs is 1. The average Bonchev–Trinajstić information content (AvgIpc) is 2.51. The predicted octanol–water partition coefficient (Wildman–Crippen LogP) is 3.10. The molecule has 0 amide bonds. The topological polar surface area (TPSA) is 61.7 Å². The van der Waals surface area contributed by atoms with Crippen LogP contribution in [-0.2, 0) is 6.54 Å². The molecule has 1 aliphatic rings. The van der Waals surface area contributed by atoms with Crippen molar-refractivity contribution in [2.24, 2.45) is 0 Å². The lowest BCUT2D eigenvalue weighted by atomic mass is 9.84. The largest absolute Gasteiger partial charge is 0.508 e. The molecule has 0 aliphatic carbocycles. The number of aromatic hydroxyl groups is 2. The van der Waals surface area contributed by atoms with Crippen LogP contribution in [0.25, 0.3) is 0 Å². The molecule has 0 spiro atoms. The van der Waals surface area contributed by atoms with Gasteiger partial charge in [-0.25, -0.2) is 0 Å². The summed E-state index contributed by atoms with van der Waals surface area (Å²) in [6, 6.07) is 8.87. The number of phenols is 2. The zero-order chi connectivity index (χ0) is 15.0. The molecule has 0 saturated carbocycles. The molecule has 0 saturated heterocycles. The van der Waals surface area contributed by atoms with Crippen LogP contribution in [0.3, 0.4) is 0 Å². The summed E-state index contributed by atoms with van der Waals surface area (Å²) in [5.74, 6) is 0.904. The van der Waals surface area contributed by atoms with Gasteiger partial charge >= 0.3 is 0 Å². The van der Waals surface area contributed by atoms with Gasteiger partial charge in [-0.1, -0.05) is 28.1 Å². The van der Waals surface area contributed by atoms with Crippen molar-refractivity contribution in [1.82, 2.24) is 5.32 Å². The molecule has 5 heteroatoms. The third kappa shape index (κ3) is 2.47. The van der Waals surface area contributed by atoms with Crippen molar-refractivity contribution in [3.8, 4) is 17.2 Å². The molecule has 1 heterocycles. The van der Waals surface area contributed by atoms with E-state index >= 15 is 0 Å². The van der Waals surface area contributed by atoms with E-state index in [2.05, 4.69) is 21.2 Å². The van der Waals surface area contributed by atoms with Gasteiger partial charge in [-0.3, -0.25) is 0 Å². The Bertz CT molecular complexity index is 670. The third-order valence-electron chi connectivity index (χ3n) is 3.87. The van der Waals surface area contributed by atoms with E-state index in [0.717, 1.165) is 27.7 Å². The van der Waals surface area contributed by atoms with E-state index in [9.17, 15) is 10.2 Å². The Kier molecular flexibility index (Phi) is 3.78. The van der Waals surface area contributed by atoms with Gasteiger partial charge in [0.05, 0.1) is 7.11 Å². The van der Waals surface area contributed by atoms with Crippen molar-refractivity contribution >= 4 is 15.9 Å². The lowest BCUT2D eigenvalue weighted by molar-refractivity contribution is 0.366. The van der Waals surface area contributed by atoms with E-state index in [0.29, 0.717) is 12.3 Å². The highest BCUT2D eigenvalue weighted by Gasteiger charge is 2.28. The molecule has 110 valence electrons. The summed E-state index contributed by atoms with van der Waals surface area (Å²) in [6.45, 7) is 1.42. The maximum absolute atomic E-state index is 10.5. The molecule has 1 aliphatic heterocycles. The molecule has 0 radical (unpaired) electrons. The first-order valence-electron chi connectivity index (χ1n) is 6.69. The zero-order valence-corrected chi connectivity index (χ0v) is 13.1. The third-order valence-corrected chi connectivity index (χ3v) is 4.58. The molecule has 2 aromatic carbocycles. The number of benzene rings is 2. The normalized spacial score (nSPS) is 17.3. The van der Waals surface area contributed by atoms with Crippen molar-refractivity contribution in [3.05, 3.63) is 51.5 Å². The highest BCUT2D eigenvalue weighted by molar-refractivity contribution is 9.10. The van der Waals surface area contributed by atoms with Crippen LogP contribution in [0.15, 0.2) is 34.8 Å². The molecular weight excluding hydrogens is 334 g/mol. The predicted molar refractivity (Wildman–Crippen MR) is 84.0 cm³/mol. The Hall–Kier alpha value is -1.72. The lowest BCUT2D eigenvalue weighted by Crippen LogP contribution is -2.29. The number of nitrogens with one attached hydrogen (secondary N) is 1. The Labute approximate surface area is 131 Å². The highest BCUT2D eigenvalue weighted by Crippen LogP contribution is 2.44. The summed E-state index contributed by atoms with van der Waals surface area (Å²) in [4.78, 5) is 0. The van der Waals surface area contributed by atoms with Crippen molar-refractivity contribution in [2.75, 3.05) is 13.7 Å². The summed E-state index contributed by atoms with van der Waals surface area (Å²) < 4.78 is 6.17. The van der Waals surface area contributed by atoms with E-state index < -0.39 is 0 Å². The molecule has 3 N–H and O–H groups in total. The lowest BCUT2D eigenvalue weighted by Gasteiger charge is -2.29. The fourth-order valence-electron chi connectivity index (χ4n) is 2.82. The highest BCUT2D eigenvalue weighted by atomic mass is 79.9. The van der Waals surface area contributed by atoms with Crippen molar-refractivity contribution in [2.45, 2.75) is 12.5 Å². The van der Waals surface area contributed by atoms with Crippen molar-refractivity contribution in [3.63, 3.8) is 0 Å². The van der Waals surface area contributed by atoms with Crippen LogP contribution in [0.2, 0.25) is 0 Å². The quantitative estimate of drug-likeness (QED) is 0.779. The standard InChI is InChI=1S/C16H16BrNO3/c1-21-14-6-13(17)12-8-18-7-11(15(12)16(14)20)9-2-4-10(19)5-3-9/h2-6,11,18-20H,7-8H2,1H3/t11-/m1/s1. The number of ether oxygens (including phenoxy) is 1. The number of hydrogen-bond acceptors (Lipinski definition) is 4. The van der Waals surface area contributed by atoms with Gasteiger partial charge in [-0.05, 0) is 29.3 Å². The second kappa shape index (κ2) is 5.58. The van der Waals surface area contributed by atoms with Crippen LogP contribution < -0.4 is 10.1 Å². The van der Waals surface area contributed by atoms with E-state index in [1.807, 2.05) is 12.1 Å². The number of rotatable bonds is 2. The second-order valence-corrected chi connectivity index (χ2v) is 5.93. The van der Waals surface area contributed by atoms with Gasteiger partial charge in [0, 0.05) is 29.0 Å². The Morgan fingerprint density at radius 1 is 1.24 bits per heavy atom. The van der Waals surface area contributed by atoms with E-state index in [4.69, 9.17) is 4.74 Å². The summed E-state index contributed by atoms with van der Waals surface area (Å²) >= 11 is 3.55. The van der Waals surface area contributed by atoms with E-state index in [-0.39, 0.29) is 17.4 Å². The number of methoxy groups -OCH3 is 1. The molecule has 2 aromatic rings. The fraction of sp³-hybridized carbons (Fsp3) is 0.250. The van der Waals surface area contributed by atoms with Crippen LogP contribution >= 0.6 is 15.9 Å². The Balaban J connectivity index is 2.16. The van der Waals surface area contributed by atoms with Gasteiger partial charge in [-0.15, -0.1) is 0 Å². The number of hydrogen-bond donors (Lipinski definition) is 3. The molecule has 21 heavy (non-hydrogen) atoms. The summed E-state index contributed by atoms with van der Waals surface area (Å²) in [6.07, 6.45) is 0. The van der Waals surface area contributed by atoms with Crippen LogP contribution in [0.1, 0.15) is 22.6 Å². The van der Waals surface area contributed by atoms with Crippen LogP contribution in [0.5, 0.6) is 17.2 Å². The van der Waals surface area contributed by atoms with Gasteiger partial charge in [0.25, 0.3) is 0 Å². The van der Waals surface area contributed by atoms with Crippen LogP contribution in [0.4, 0.5) is 0 Å². The van der Waals surface area contributed by atoms with Gasteiger partial charge < -0.3 is 20.3 Å². The summed E-state index contributed by atoms with van der Waals surface area (Å²) in [5, 5.41) is 23.3. The molecule has 0 fully saturated rings. The van der Waals surface area contributed by atoms with Gasteiger partial charge in [0.15, 0.2) is 11.5 Å². The molecular formula is C16H16BrNO3. The molecule has 3 rings (SSSR count). The van der Waals surface area contributed by atoms with Gasteiger partial charge in [0.1, 0.15) is 5.75 Å². The number of phenolic OH excluding ortho intramolecular Hbond substituents is 2. The summed E-state index contributed by atoms with van der Waals surface area (Å²) in [7, 11) is 1.55. The minimum Gasteiger partial charge on any atom is -0.508 e. The minimum absolute atomic E-state index is 0.0146. The molecule has 0 unspecified atom stereocenters. The first kappa shape index (κ1) is 14.2. The molecule has 0 aromatic heterocycles. The Morgan fingerprint density at radius 3 is 2.62 bits per heavy atom. The first-order chi connectivity index (χ1) is 10.1. The maximum atomic E-state index is 10.5. The molecule has 0 bridgehead atoms. The number of halogens is 1. The maximum Gasteiger partial charge on any atom is 0.162 e.